The van der Waals surface area contributed by atoms with Gasteiger partial charge in [0.25, 0.3) is 0 Å². The molecule has 4 aromatic rings. The Morgan fingerprint density at radius 2 is 2.06 bits per heavy atom. The molecule has 2 aromatic carbocycles. The second-order valence-electron chi connectivity index (χ2n) is 7.00. The molecule has 0 spiro atoms. The third kappa shape index (κ3) is 5.84. The van der Waals surface area contributed by atoms with E-state index in [2.05, 4.69) is 32.8 Å². The van der Waals surface area contributed by atoms with Crippen molar-refractivity contribution in [3.8, 4) is 5.69 Å². The van der Waals surface area contributed by atoms with E-state index >= 15 is 0 Å². The van der Waals surface area contributed by atoms with Crippen LogP contribution in [0.2, 0.25) is 0 Å². The van der Waals surface area contributed by atoms with Crippen molar-refractivity contribution in [2.45, 2.75) is 19.9 Å². The zero-order valence-corrected chi connectivity index (χ0v) is 19.6. The Bertz CT molecular complexity index is 1140. The highest BCUT2D eigenvalue weighted by molar-refractivity contribution is 14.0. The molecule has 0 radical (unpaired) electrons. The highest BCUT2D eigenvalue weighted by atomic mass is 127. The number of hydrogen-bond donors (Lipinski definition) is 3. The number of aliphatic imine (C=N–C) groups is 1. The number of halogens is 2. The summed E-state index contributed by atoms with van der Waals surface area (Å²) in [4.78, 5) is 7.84. The van der Waals surface area contributed by atoms with Crippen molar-refractivity contribution in [1.82, 2.24) is 25.4 Å². The summed E-state index contributed by atoms with van der Waals surface area (Å²) in [5, 5.41) is 12.0. The Morgan fingerprint density at radius 1 is 1.16 bits per heavy atom. The van der Waals surface area contributed by atoms with E-state index in [9.17, 15) is 4.39 Å². The molecule has 0 bridgehead atoms. The number of hydrogen-bond acceptors (Lipinski definition) is 2. The highest BCUT2D eigenvalue weighted by Gasteiger charge is 2.05. The van der Waals surface area contributed by atoms with Crippen molar-refractivity contribution in [1.29, 1.82) is 0 Å². The van der Waals surface area contributed by atoms with Crippen LogP contribution >= 0.6 is 24.0 Å². The monoisotopic (exact) mass is 532 g/mol. The van der Waals surface area contributed by atoms with Crippen LogP contribution in [0.5, 0.6) is 0 Å². The molecule has 2 heterocycles. The Balaban J connectivity index is 0.00000272. The molecule has 31 heavy (non-hydrogen) atoms. The van der Waals surface area contributed by atoms with Gasteiger partial charge in [0.15, 0.2) is 5.96 Å². The van der Waals surface area contributed by atoms with Crippen LogP contribution in [0, 0.1) is 5.82 Å². The smallest absolute Gasteiger partial charge is 0.191 e. The van der Waals surface area contributed by atoms with Gasteiger partial charge in [-0.05, 0) is 60.9 Å². The van der Waals surface area contributed by atoms with Crippen molar-refractivity contribution in [3.05, 3.63) is 84.1 Å². The summed E-state index contributed by atoms with van der Waals surface area (Å²) in [5.41, 5.74) is 4.10. The van der Waals surface area contributed by atoms with E-state index in [4.69, 9.17) is 4.99 Å². The predicted molar refractivity (Wildman–Crippen MR) is 134 cm³/mol. The van der Waals surface area contributed by atoms with Gasteiger partial charge in [-0.2, -0.15) is 5.10 Å². The summed E-state index contributed by atoms with van der Waals surface area (Å²) >= 11 is 0. The zero-order valence-electron chi connectivity index (χ0n) is 17.3. The SMILES string of the molecule is CCNC(=NCc1cccc(-n2cccn2)c1)NCCc1c[nH]c2cc(F)ccc12.I. The van der Waals surface area contributed by atoms with Gasteiger partial charge in [-0.15, -0.1) is 24.0 Å². The molecule has 0 aliphatic heterocycles. The van der Waals surface area contributed by atoms with Gasteiger partial charge in [0.05, 0.1) is 12.2 Å². The molecule has 6 nitrogen and oxygen atoms in total. The summed E-state index contributed by atoms with van der Waals surface area (Å²) in [6, 6.07) is 14.9. The minimum absolute atomic E-state index is 0. The van der Waals surface area contributed by atoms with Crippen LogP contribution in [0.25, 0.3) is 16.6 Å². The van der Waals surface area contributed by atoms with E-state index in [0.29, 0.717) is 6.54 Å². The van der Waals surface area contributed by atoms with E-state index in [1.807, 2.05) is 48.3 Å². The van der Waals surface area contributed by atoms with Gasteiger partial charge in [0.2, 0.25) is 0 Å². The van der Waals surface area contributed by atoms with Crippen molar-refractivity contribution >= 4 is 40.8 Å². The van der Waals surface area contributed by atoms with Gasteiger partial charge < -0.3 is 15.6 Å². The molecule has 4 rings (SSSR count). The molecular weight excluding hydrogens is 506 g/mol. The normalized spacial score (nSPS) is 11.4. The molecule has 0 amide bonds. The molecule has 0 aliphatic carbocycles. The first-order chi connectivity index (χ1) is 14.7. The lowest BCUT2D eigenvalue weighted by atomic mass is 10.1. The Hall–Kier alpha value is -2.88. The fourth-order valence-electron chi connectivity index (χ4n) is 3.41. The fraction of sp³-hybridized carbons (Fsp3) is 0.217. The van der Waals surface area contributed by atoms with E-state index in [1.165, 1.54) is 12.1 Å². The molecule has 0 fully saturated rings. The van der Waals surface area contributed by atoms with Gasteiger partial charge in [0.1, 0.15) is 5.82 Å². The molecule has 8 heteroatoms. The van der Waals surface area contributed by atoms with Crippen molar-refractivity contribution in [2.75, 3.05) is 13.1 Å². The number of H-pyrrole nitrogens is 1. The van der Waals surface area contributed by atoms with Crippen LogP contribution in [0.15, 0.2) is 72.1 Å². The largest absolute Gasteiger partial charge is 0.361 e. The summed E-state index contributed by atoms with van der Waals surface area (Å²) in [6.45, 7) is 4.12. The molecule has 0 atom stereocenters. The number of nitrogens with zero attached hydrogens (tertiary/aromatic N) is 3. The first kappa shape index (κ1) is 22.8. The average Bonchev–Trinajstić information content (AvgIpc) is 3.42. The molecule has 162 valence electrons. The maximum atomic E-state index is 13.4. The number of nitrogens with one attached hydrogen (secondary N) is 3. The van der Waals surface area contributed by atoms with Crippen molar-refractivity contribution in [3.63, 3.8) is 0 Å². The predicted octanol–water partition coefficient (Wildman–Crippen LogP) is 4.41. The first-order valence-corrected chi connectivity index (χ1v) is 10.1. The molecule has 0 aliphatic rings. The van der Waals surface area contributed by atoms with Gasteiger partial charge in [0, 0.05) is 42.6 Å². The van der Waals surface area contributed by atoms with Crippen LogP contribution in [0.4, 0.5) is 4.39 Å². The maximum absolute atomic E-state index is 13.4. The quantitative estimate of drug-likeness (QED) is 0.188. The topological polar surface area (TPSA) is 70.0 Å². The summed E-state index contributed by atoms with van der Waals surface area (Å²) < 4.78 is 15.2. The number of fused-ring (bicyclic) bond motifs is 1. The lowest BCUT2D eigenvalue weighted by molar-refractivity contribution is 0.629. The van der Waals surface area contributed by atoms with Gasteiger partial charge in [-0.25, -0.2) is 14.1 Å². The molecule has 0 unspecified atom stereocenters. The Kier molecular flexibility index (Phi) is 8.05. The van der Waals surface area contributed by atoms with Crippen molar-refractivity contribution < 1.29 is 4.39 Å². The molecule has 2 aromatic heterocycles. The van der Waals surface area contributed by atoms with Crippen molar-refractivity contribution in [2.24, 2.45) is 4.99 Å². The van der Waals surface area contributed by atoms with Crippen LogP contribution in [-0.2, 0) is 13.0 Å². The number of aromatic amines is 1. The van der Waals surface area contributed by atoms with Crippen LogP contribution < -0.4 is 10.6 Å². The number of aromatic nitrogens is 3. The Morgan fingerprint density at radius 3 is 2.87 bits per heavy atom. The molecule has 0 saturated heterocycles. The number of benzene rings is 2. The number of rotatable bonds is 7. The second kappa shape index (κ2) is 10.9. The molecular formula is C23H26FIN6. The molecule has 3 N–H and O–H groups in total. The highest BCUT2D eigenvalue weighted by Crippen LogP contribution is 2.19. The standard InChI is InChI=1S/C23H25FN6.HI/c1-2-25-23(26-11-9-18-16-27-22-14-19(24)7-8-21(18)22)28-15-17-5-3-6-20(13-17)30-12-4-10-29-30;/h3-8,10,12-14,16,27H,2,9,11,15H2,1H3,(H2,25,26,28);1H. The second-order valence-corrected chi connectivity index (χ2v) is 7.00. The van der Waals surface area contributed by atoms with Crippen LogP contribution in [-0.4, -0.2) is 33.8 Å². The lowest BCUT2D eigenvalue weighted by Crippen LogP contribution is -2.38. The summed E-state index contributed by atoms with van der Waals surface area (Å²) in [6.07, 6.45) is 6.44. The summed E-state index contributed by atoms with van der Waals surface area (Å²) in [5.74, 6) is 0.542. The van der Waals surface area contributed by atoms with Crippen LogP contribution in [0.1, 0.15) is 18.1 Å². The third-order valence-corrected chi connectivity index (χ3v) is 4.86. The van der Waals surface area contributed by atoms with Crippen LogP contribution in [0.3, 0.4) is 0 Å². The Labute approximate surface area is 198 Å². The van der Waals surface area contributed by atoms with E-state index in [-0.39, 0.29) is 29.8 Å². The third-order valence-electron chi connectivity index (χ3n) is 4.86. The van der Waals surface area contributed by atoms with E-state index in [0.717, 1.165) is 53.2 Å². The lowest BCUT2D eigenvalue weighted by Gasteiger charge is -2.11. The average molecular weight is 532 g/mol. The fourth-order valence-corrected chi connectivity index (χ4v) is 3.41. The van der Waals surface area contributed by atoms with E-state index < -0.39 is 0 Å². The number of guanidine groups is 1. The summed E-state index contributed by atoms with van der Waals surface area (Å²) in [7, 11) is 0. The van der Waals surface area contributed by atoms with Gasteiger partial charge in [-0.1, -0.05) is 12.1 Å². The zero-order chi connectivity index (χ0) is 20.8. The van der Waals surface area contributed by atoms with Gasteiger partial charge in [-0.3, -0.25) is 0 Å². The molecule has 0 saturated carbocycles. The van der Waals surface area contributed by atoms with Gasteiger partial charge >= 0.3 is 0 Å². The minimum atomic E-state index is -0.229. The first-order valence-electron chi connectivity index (χ1n) is 10.1. The minimum Gasteiger partial charge on any atom is -0.361 e. The maximum Gasteiger partial charge on any atom is 0.191 e. The van der Waals surface area contributed by atoms with E-state index in [1.54, 1.807) is 6.20 Å².